The monoisotopic (exact) mass is 227 g/mol. The molecule has 84 valence electrons. The zero-order valence-electron chi connectivity index (χ0n) is 9.29. The minimum Gasteiger partial charge on any atom is -0.382 e. The van der Waals surface area contributed by atoms with Crippen molar-refractivity contribution in [3.8, 4) is 0 Å². The summed E-state index contributed by atoms with van der Waals surface area (Å²) >= 11 is 1.90. The second-order valence-corrected chi connectivity index (χ2v) is 5.03. The third kappa shape index (κ3) is 5.07. The Hall–Kier alpha value is -0.700. The number of thioether (sulfide) groups is 1. The van der Waals surface area contributed by atoms with Crippen molar-refractivity contribution in [3.63, 3.8) is 0 Å². The Bertz CT molecular complexity index is 289. The molecule has 0 atom stereocenters. The largest absolute Gasteiger partial charge is 0.382 e. The Morgan fingerprint density at radius 2 is 2.07 bits per heavy atom. The van der Waals surface area contributed by atoms with Gasteiger partial charge in [0, 0.05) is 12.3 Å². The van der Waals surface area contributed by atoms with E-state index in [1.807, 2.05) is 17.8 Å². The van der Waals surface area contributed by atoms with Gasteiger partial charge in [0.25, 0.3) is 0 Å². The highest BCUT2D eigenvalue weighted by Gasteiger charge is 1.99. The standard InChI is InChI=1S/C12H18FNS/c1-10(2)9-15-8-7-14-12-6-4-3-5-11(12)13/h3-6,10,14H,7-9H2,1-2H3. The van der Waals surface area contributed by atoms with E-state index < -0.39 is 0 Å². The van der Waals surface area contributed by atoms with E-state index in [-0.39, 0.29) is 5.82 Å². The molecule has 1 N–H and O–H groups in total. The molecule has 0 saturated carbocycles. The van der Waals surface area contributed by atoms with Gasteiger partial charge < -0.3 is 5.32 Å². The number of benzene rings is 1. The molecule has 0 unspecified atom stereocenters. The van der Waals surface area contributed by atoms with Gasteiger partial charge in [-0.15, -0.1) is 0 Å². The molecule has 15 heavy (non-hydrogen) atoms. The van der Waals surface area contributed by atoms with Gasteiger partial charge in [0.05, 0.1) is 5.69 Å². The minimum atomic E-state index is -0.175. The maximum absolute atomic E-state index is 13.2. The van der Waals surface area contributed by atoms with Crippen molar-refractivity contribution in [3.05, 3.63) is 30.1 Å². The van der Waals surface area contributed by atoms with Gasteiger partial charge in [-0.05, 0) is 23.8 Å². The summed E-state index contributed by atoms with van der Waals surface area (Å²) in [7, 11) is 0. The summed E-state index contributed by atoms with van der Waals surface area (Å²) in [5, 5.41) is 3.09. The number of anilines is 1. The second kappa shape index (κ2) is 6.72. The Kier molecular flexibility index (Phi) is 5.54. The number of hydrogen-bond donors (Lipinski definition) is 1. The van der Waals surface area contributed by atoms with Crippen molar-refractivity contribution in [1.29, 1.82) is 0 Å². The SMILES string of the molecule is CC(C)CSCCNc1ccccc1F. The predicted octanol–water partition coefficient (Wildman–Crippen LogP) is 3.63. The number of rotatable bonds is 6. The lowest BCUT2D eigenvalue weighted by atomic mass is 10.3. The molecule has 0 aliphatic heterocycles. The average Bonchev–Trinajstić information content (AvgIpc) is 2.20. The van der Waals surface area contributed by atoms with Crippen LogP contribution in [0.25, 0.3) is 0 Å². The van der Waals surface area contributed by atoms with E-state index in [4.69, 9.17) is 0 Å². The fourth-order valence-corrected chi connectivity index (χ4v) is 2.07. The molecule has 0 aliphatic rings. The second-order valence-electron chi connectivity index (χ2n) is 3.88. The summed E-state index contributed by atoms with van der Waals surface area (Å²) in [6, 6.07) is 6.78. The fraction of sp³-hybridized carbons (Fsp3) is 0.500. The quantitative estimate of drug-likeness (QED) is 0.745. The normalized spacial score (nSPS) is 10.7. The van der Waals surface area contributed by atoms with Crippen LogP contribution in [0.15, 0.2) is 24.3 Å². The Balaban J connectivity index is 2.18. The van der Waals surface area contributed by atoms with Gasteiger partial charge in [-0.2, -0.15) is 11.8 Å². The molecule has 0 heterocycles. The molecular formula is C12H18FNS. The summed E-state index contributed by atoms with van der Waals surface area (Å²) in [6.07, 6.45) is 0. The molecule has 0 amide bonds. The van der Waals surface area contributed by atoms with Gasteiger partial charge in [0.2, 0.25) is 0 Å². The van der Waals surface area contributed by atoms with E-state index in [1.165, 1.54) is 11.8 Å². The summed E-state index contributed by atoms with van der Waals surface area (Å²) in [5.41, 5.74) is 0.600. The average molecular weight is 227 g/mol. The van der Waals surface area contributed by atoms with Crippen molar-refractivity contribution in [1.82, 2.24) is 0 Å². The van der Waals surface area contributed by atoms with Gasteiger partial charge in [-0.1, -0.05) is 26.0 Å². The number of para-hydroxylation sites is 1. The molecule has 0 aliphatic carbocycles. The maximum atomic E-state index is 13.2. The lowest BCUT2D eigenvalue weighted by Gasteiger charge is -2.08. The molecule has 1 aromatic rings. The van der Waals surface area contributed by atoms with Gasteiger partial charge >= 0.3 is 0 Å². The van der Waals surface area contributed by atoms with Crippen LogP contribution in [0.5, 0.6) is 0 Å². The molecule has 0 saturated heterocycles. The minimum absolute atomic E-state index is 0.175. The third-order valence-corrected chi connectivity index (χ3v) is 3.28. The molecule has 0 radical (unpaired) electrons. The van der Waals surface area contributed by atoms with E-state index in [9.17, 15) is 4.39 Å². The molecule has 1 nitrogen and oxygen atoms in total. The number of hydrogen-bond acceptors (Lipinski definition) is 2. The molecule has 1 rings (SSSR count). The molecule has 1 aromatic carbocycles. The van der Waals surface area contributed by atoms with Crippen LogP contribution < -0.4 is 5.32 Å². The van der Waals surface area contributed by atoms with Gasteiger partial charge in [-0.25, -0.2) is 4.39 Å². The molecule has 0 spiro atoms. The van der Waals surface area contributed by atoms with Crippen LogP contribution in [0.2, 0.25) is 0 Å². The summed E-state index contributed by atoms with van der Waals surface area (Å²) in [4.78, 5) is 0. The van der Waals surface area contributed by atoms with Crippen LogP contribution in [-0.4, -0.2) is 18.1 Å². The van der Waals surface area contributed by atoms with E-state index >= 15 is 0 Å². The van der Waals surface area contributed by atoms with Gasteiger partial charge in [0.15, 0.2) is 0 Å². The molecule has 0 bridgehead atoms. The fourth-order valence-electron chi connectivity index (χ4n) is 1.18. The van der Waals surface area contributed by atoms with Crippen molar-refractivity contribution in [2.45, 2.75) is 13.8 Å². The first-order valence-electron chi connectivity index (χ1n) is 5.26. The van der Waals surface area contributed by atoms with Crippen LogP contribution >= 0.6 is 11.8 Å². The van der Waals surface area contributed by atoms with Gasteiger partial charge in [0.1, 0.15) is 5.82 Å². The molecular weight excluding hydrogens is 209 g/mol. The first-order valence-corrected chi connectivity index (χ1v) is 6.41. The molecule has 0 aromatic heterocycles. The van der Waals surface area contributed by atoms with Crippen LogP contribution in [0, 0.1) is 11.7 Å². The first kappa shape index (κ1) is 12.4. The van der Waals surface area contributed by atoms with Crippen LogP contribution in [0.1, 0.15) is 13.8 Å². The van der Waals surface area contributed by atoms with Crippen molar-refractivity contribution in [2.24, 2.45) is 5.92 Å². The lowest BCUT2D eigenvalue weighted by Crippen LogP contribution is -2.06. The highest BCUT2D eigenvalue weighted by atomic mass is 32.2. The van der Waals surface area contributed by atoms with Crippen molar-refractivity contribution >= 4 is 17.4 Å². The summed E-state index contributed by atoms with van der Waals surface area (Å²) < 4.78 is 13.2. The van der Waals surface area contributed by atoms with E-state index in [0.717, 1.165) is 18.2 Å². The van der Waals surface area contributed by atoms with Crippen molar-refractivity contribution < 1.29 is 4.39 Å². The smallest absolute Gasteiger partial charge is 0.146 e. The van der Waals surface area contributed by atoms with Crippen LogP contribution in [0.4, 0.5) is 10.1 Å². The Labute approximate surface area is 95.5 Å². The molecule has 3 heteroatoms. The number of nitrogens with one attached hydrogen (secondary N) is 1. The van der Waals surface area contributed by atoms with Crippen LogP contribution in [0.3, 0.4) is 0 Å². The maximum Gasteiger partial charge on any atom is 0.146 e. The topological polar surface area (TPSA) is 12.0 Å². The summed E-state index contributed by atoms with van der Waals surface area (Å²) in [6.45, 7) is 5.23. The van der Waals surface area contributed by atoms with Gasteiger partial charge in [-0.3, -0.25) is 0 Å². The first-order chi connectivity index (χ1) is 7.20. The Morgan fingerprint density at radius 1 is 1.33 bits per heavy atom. The Morgan fingerprint density at radius 3 is 2.73 bits per heavy atom. The number of halogens is 1. The third-order valence-electron chi connectivity index (χ3n) is 1.89. The van der Waals surface area contributed by atoms with Crippen LogP contribution in [-0.2, 0) is 0 Å². The zero-order valence-corrected chi connectivity index (χ0v) is 10.1. The highest BCUT2D eigenvalue weighted by molar-refractivity contribution is 7.99. The highest BCUT2D eigenvalue weighted by Crippen LogP contribution is 2.13. The lowest BCUT2D eigenvalue weighted by molar-refractivity contribution is 0.630. The zero-order chi connectivity index (χ0) is 11.1. The summed E-state index contributed by atoms with van der Waals surface area (Å²) in [5.74, 6) is 2.74. The molecule has 0 fully saturated rings. The van der Waals surface area contributed by atoms with E-state index in [0.29, 0.717) is 5.69 Å². The predicted molar refractivity (Wildman–Crippen MR) is 67.1 cm³/mol. The van der Waals surface area contributed by atoms with E-state index in [2.05, 4.69) is 19.2 Å². The van der Waals surface area contributed by atoms with Crippen molar-refractivity contribution in [2.75, 3.05) is 23.4 Å². The van der Waals surface area contributed by atoms with E-state index in [1.54, 1.807) is 12.1 Å².